The van der Waals surface area contributed by atoms with Gasteiger partial charge in [-0.15, -0.1) is 11.3 Å². The highest BCUT2D eigenvalue weighted by Gasteiger charge is 2.44. The summed E-state index contributed by atoms with van der Waals surface area (Å²) in [6.07, 6.45) is 0.952. The summed E-state index contributed by atoms with van der Waals surface area (Å²) in [6.45, 7) is 2.88. The maximum absolute atomic E-state index is 13.8. The van der Waals surface area contributed by atoms with E-state index in [0.29, 0.717) is 59.6 Å². The monoisotopic (exact) mass is 596 g/mol. The van der Waals surface area contributed by atoms with E-state index in [4.69, 9.17) is 21.1 Å². The first-order chi connectivity index (χ1) is 18.7. The van der Waals surface area contributed by atoms with Gasteiger partial charge in [0.05, 0.1) is 39.5 Å². The minimum absolute atomic E-state index is 0.0257. The largest absolute Gasteiger partial charge is 0.374 e. The molecular formula is C25H29ClN4O7S2. The van der Waals surface area contributed by atoms with Gasteiger partial charge in [-0.3, -0.25) is 14.4 Å². The molecule has 2 N–H and O–H groups in total. The highest BCUT2D eigenvalue weighted by Crippen LogP contribution is 2.31. The molecule has 3 saturated heterocycles. The van der Waals surface area contributed by atoms with E-state index in [1.165, 1.54) is 11.0 Å². The van der Waals surface area contributed by atoms with Crippen LogP contribution in [0.2, 0.25) is 4.34 Å². The number of carbonyl (C=O) groups excluding carboxylic acids is 3. The van der Waals surface area contributed by atoms with Crippen LogP contribution in [0, 0.1) is 0 Å². The van der Waals surface area contributed by atoms with Crippen molar-refractivity contribution in [3.63, 3.8) is 0 Å². The van der Waals surface area contributed by atoms with E-state index in [1.807, 2.05) is 0 Å². The molecule has 0 aliphatic carbocycles. The summed E-state index contributed by atoms with van der Waals surface area (Å²) < 4.78 is 41.3. The number of benzene rings is 1. The maximum Gasteiger partial charge on any atom is 0.261 e. The number of nitrogens with zero attached hydrogens (tertiary/aromatic N) is 2. The molecule has 39 heavy (non-hydrogen) atoms. The standard InChI is InChI=1S/C25H29ClN4O7S2/c1-2-17-19(29-8-9-36-14-23(29)31)4-3-5-21(17)39(34,35)28-18(11-27-24(32)20-6-7-22(26)38-20)25(33)30-12-16-10-15(30)13-37-16/h3-7,15-16,18,28H,2,8-14H2,1H3,(H,27,32)/t15-,16-,18-/m0/s1. The highest BCUT2D eigenvalue weighted by molar-refractivity contribution is 7.89. The van der Waals surface area contributed by atoms with Gasteiger partial charge in [-0.05, 0) is 42.7 Å². The van der Waals surface area contributed by atoms with E-state index < -0.39 is 27.9 Å². The molecule has 2 aromatic rings. The van der Waals surface area contributed by atoms with Crippen LogP contribution in [-0.2, 0) is 35.5 Å². The number of likely N-dealkylation sites (tertiary alicyclic amines) is 1. The predicted molar refractivity (Wildman–Crippen MR) is 145 cm³/mol. The van der Waals surface area contributed by atoms with Crippen molar-refractivity contribution in [3.05, 3.63) is 45.1 Å². The molecule has 5 rings (SSSR count). The fourth-order valence-electron chi connectivity index (χ4n) is 5.20. The molecule has 1 aromatic carbocycles. The number of hydrogen-bond acceptors (Lipinski definition) is 8. The Morgan fingerprint density at radius 1 is 1.26 bits per heavy atom. The molecule has 3 aliphatic heterocycles. The van der Waals surface area contributed by atoms with Crippen LogP contribution in [-0.4, -0.2) is 88.7 Å². The molecule has 3 aliphatic rings. The predicted octanol–water partition coefficient (Wildman–Crippen LogP) is 1.40. The van der Waals surface area contributed by atoms with Crippen LogP contribution in [0.1, 0.15) is 28.6 Å². The number of sulfonamides is 1. The Balaban J connectivity index is 1.41. The molecule has 3 amide bonds. The van der Waals surface area contributed by atoms with Crippen LogP contribution in [0.25, 0.3) is 0 Å². The fraction of sp³-hybridized carbons (Fsp3) is 0.480. The van der Waals surface area contributed by atoms with Crippen molar-refractivity contribution in [3.8, 4) is 0 Å². The number of halogens is 1. The van der Waals surface area contributed by atoms with Gasteiger partial charge in [0.25, 0.3) is 11.8 Å². The number of fused-ring (bicyclic) bond motifs is 2. The maximum atomic E-state index is 13.8. The van der Waals surface area contributed by atoms with Crippen molar-refractivity contribution in [2.24, 2.45) is 0 Å². The Morgan fingerprint density at radius 2 is 2.08 bits per heavy atom. The van der Waals surface area contributed by atoms with Gasteiger partial charge in [0.1, 0.15) is 12.6 Å². The summed E-state index contributed by atoms with van der Waals surface area (Å²) in [5.74, 6) is -1.15. The second-order valence-electron chi connectivity index (χ2n) is 9.53. The molecule has 14 heteroatoms. The van der Waals surface area contributed by atoms with Crippen LogP contribution in [0.5, 0.6) is 0 Å². The average Bonchev–Trinajstić information content (AvgIpc) is 3.68. The molecule has 2 bridgehead atoms. The van der Waals surface area contributed by atoms with E-state index >= 15 is 0 Å². The topological polar surface area (TPSA) is 134 Å². The van der Waals surface area contributed by atoms with Crippen molar-refractivity contribution >= 4 is 56.4 Å². The minimum atomic E-state index is -4.24. The molecule has 0 unspecified atom stereocenters. The molecule has 0 saturated carbocycles. The average molecular weight is 597 g/mol. The first kappa shape index (κ1) is 28.0. The van der Waals surface area contributed by atoms with Gasteiger partial charge in [0.2, 0.25) is 15.9 Å². The second kappa shape index (κ2) is 11.5. The van der Waals surface area contributed by atoms with Crippen LogP contribution >= 0.6 is 22.9 Å². The molecule has 0 spiro atoms. The third-order valence-corrected chi connectivity index (χ3v) is 9.86. The van der Waals surface area contributed by atoms with Crippen LogP contribution in [0.15, 0.2) is 35.2 Å². The summed E-state index contributed by atoms with van der Waals surface area (Å²) in [4.78, 5) is 42.3. The zero-order valence-electron chi connectivity index (χ0n) is 21.2. The van der Waals surface area contributed by atoms with Gasteiger partial charge >= 0.3 is 0 Å². The van der Waals surface area contributed by atoms with Crippen molar-refractivity contribution in [2.45, 2.75) is 42.8 Å². The minimum Gasteiger partial charge on any atom is -0.374 e. The van der Waals surface area contributed by atoms with Crippen molar-refractivity contribution in [1.29, 1.82) is 0 Å². The molecule has 0 radical (unpaired) electrons. The van der Waals surface area contributed by atoms with Crippen molar-refractivity contribution in [1.82, 2.24) is 14.9 Å². The van der Waals surface area contributed by atoms with Gasteiger partial charge < -0.3 is 24.6 Å². The Hall–Kier alpha value is -2.55. The second-order valence-corrected chi connectivity index (χ2v) is 12.9. The lowest BCUT2D eigenvalue weighted by Crippen LogP contribution is -2.56. The summed E-state index contributed by atoms with van der Waals surface area (Å²) >= 11 is 7.03. The molecular weight excluding hydrogens is 568 g/mol. The number of thiophene rings is 1. The number of morpholine rings is 2. The molecule has 11 nitrogen and oxygen atoms in total. The fourth-order valence-corrected chi connectivity index (χ4v) is 7.68. The quantitative estimate of drug-likeness (QED) is 0.447. The highest BCUT2D eigenvalue weighted by atomic mass is 35.5. The number of hydrogen-bond donors (Lipinski definition) is 2. The number of ether oxygens (including phenoxy) is 2. The van der Waals surface area contributed by atoms with Gasteiger partial charge in [-0.1, -0.05) is 24.6 Å². The van der Waals surface area contributed by atoms with Crippen LogP contribution < -0.4 is 14.9 Å². The lowest BCUT2D eigenvalue weighted by atomic mass is 10.1. The Kier molecular flexibility index (Phi) is 8.26. The molecule has 210 valence electrons. The van der Waals surface area contributed by atoms with Crippen molar-refractivity contribution < 1.29 is 32.3 Å². The number of anilines is 1. The first-order valence-electron chi connectivity index (χ1n) is 12.7. The molecule has 3 fully saturated rings. The van der Waals surface area contributed by atoms with Crippen molar-refractivity contribution in [2.75, 3.05) is 44.4 Å². The number of rotatable bonds is 9. The first-order valence-corrected chi connectivity index (χ1v) is 15.3. The number of nitrogens with one attached hydrogen (secondary N) is 2. The molecule has 4 heterocycles. The lowest BCUT2D eigenvalue weighted by Gasteiger charge is -2.31. The Labute approximate surface area is 235 Å². The van der Waals surface area contributed by atoms with E-state index in [9.17, 15) is 22.8 Å². The number of carbonyl (C=O) groups is 3. The zero-order chi connectivity index (χ0) is 27.7. The summed E-state index contributed by atoms with van der Waals surface area (Å²) in [5, 5.41) is 2.67. The van der Waals surface area contributed by atoms with E-state index in [2.05, 4.69) is 10.0 Å². The lowest BCUT2D eigenvalue weighted by molar-refractivity contribution is -0.137. The smallest absolute Gasteiger partial charge is 0.261 e. The van der Waals surface area contributed by atoms with E-state index in [-0.39, 0.29) is 36.1 Å². The van der Waals surface area contributed by atoms with Gasteiger partial charge in [0.15, 0.2) is 0 Å². The third-order valence-electron chi connectivity index (χ3n) is 7.07. The third kappa shape index (κ3) is 5.83. The van der Waals surface area contributed by atoms with Gasteiger partial charge in [0, 0.05) is 25.3 Å². The summed E-state index contributed by atoms with van der Waals surface area (Å²) in [7, 11) is -4.24. The number of amides is 3. The molecule has 1 aromatic heterocycles. The van der Waals surface area contributed by atoms with Crippen LogP contribution in [0.4, 0.5) is 5.69 Å². The van der Waals surface area contributed by atoms with Crippen LogP contribution in [0.3, 0.4) is 0 Å². The van der Waals surface area contributed by atoms with E-state index in [1.54, 1.807) is 36.1 Å². The Bertz CT molecular complexity index is 1380. The SMILES string of the molecule is CCc1c(N2CCOCC2=O)cccc1S(=O)(=O)N[C@@H](CNC(=O)c1ccc(Cl)s1)C(=O)N1C[C@@H]2C[C@H]1CO2. The summed E-state index contributed by atoms with van der Waals surface area (Å²) in [6, 6.07) is 6.49. The Morgan fingerprint density at radius 3 is 2.72 bits per heavy atom. The van der Waals surface area contributed by atoms with Gasteiger partial charge in [-0.25, -0.2) is 8.42 Å². The normalized spacial score (nSPS) is 21.8. The van der Waals surface area contributed by atoms with Gasteiger partial charge in [-0.2, -0.15) is 4.72 Å². The molecule has 3 atom stereocenters. The van der Waals surface area contributed by atoms with E-state index in [0.717, 1.165) is 11.3 Å². The summed E-state index contributed by atoms with van der Waals surface area (Å²) in [5.41, 5.74) is 0.950. The zero-order valence-corrected chi connectivity index (χ0v) is 23.6.